The first-order valence-electron chi connectivity index (χ1n) is 9.37. The second kappa shape index (κ2) is 8.08. The van der Waals surface area contributed by atoms with Gasteiger partial charge in [-0.15, -0.1) is 0 Å². The van der Waals surface area contributed by atoms with Crippen molar-refractivity contribution in [2.75, 3.05) is 6.54 Å². The molecule has 0 spiro atoms. The fourth-order valence-electron chi connectivity index (χ4n) is 3.56. The largest absolute Gasteiger partial charge is 0.416 e. The molecule has 1 aliphatic heterocycles. The predicted octanol–water partition coefficient (Wildman–Crippen LogP) is 3.97. The summed E-state index contributed by atoms with van der Waals surface area (Å²) in [7, 11) is 0. The molecule has 0 bridgehead atoms. The van der Waals surface area contributed by atoms with Crippen LogP contribution < -0.4 is 0 Å². The number of non-ortho nitro benzene ring substituents is 1. The van der Waals surface area contributed by atoms with Crippen molar-refractivity contribution in [1.82, 2.24) is 15.0 Å². The van der Waals surface area contributed by atoms with Crippen molar-refractivity contribution in [2.24, 2.45) is 0 Å². The molecular weight excluding hydrogens is 417 g/mol. The van der Waals surface area contributed by atoms with E-state index in [2.05, 4.69) is 10.1 Å². The fraction of sp³-hybridized carbons (Fsp3) is 0.300. The molecule has 0 unspecified atom stereocenters. The fourth-order valence-corrected chi connectivity index (χ4v) is 3.56. The lowest BCUT2D eigenvalue weighted by Gasteiger charge is -2.21. The number of nitrogens with zero attached hydrogens (tertiary/aromatic N) is 4. The van der Waals surface area contributed by atoms with Crippen LogP contribution in [0.15, 0.2) is 53.1 Å². The van der Waals surface area contributed by atoms with Crippen LogP contribution in [0.4, 0.5) is 18.9 Å². The molecule has 1 N–H and O–H groups in total. The van der Waals surface area contributed by atoms with Gasteiger partial charge in [-0.05, 0) is 24.1 Å². The van der Waals surface area contributed by atoms with Gasteiger partial charge in [0.1, 0.15) is 0 Å². The SMILES string of the molecule is O=[N+]([O-])c1ccc(CN2C[C@H](O)C[C@H]2c2nc(-c3ccc(C(F)(F)F)cc3)no2)cc1. The highest BCUT2D eigenvalue weighted by atomic mass is 19.4. The number of alkyl halides is 3. The summed E-state index contributed by atoms with van der Waals surface area (Å²) in [6.45, 7) is 0.747. The number of aliphatic hydroxyl groups is 1. The van der Waals surface area contributed by atoms with Crippen molar-refractivity contribution >= 4 is 5.69 Å². The van der Waals surface area contributed by atoms with Gasteiger partial charge in [0, 0.05) is 30.8 Å². The molecule has 2 heterocycles. The topological polar surface area (TPSA) is 106 Å². The van der Waals surface area contributed by atoms with E-state index in [0.29, 0.717) is 25.1 Å². The van der Waals surface area contributed by atoms with Crippen LogP contribution in [0.3, 0.4) is 0 Å². The average molecular weight is 434 g/mol. The summed E-state index contributed by atoms with van der Waals surface area (Å²) < 4.78 is 43.6. The lowest BCUT2D eigenvalue weighted by Crippen LogP contribution is -2.24. The average Bonchev–Trinajstić information content (AvgIpc) is 3.34. The minimum Gasteiger partial charge on any atom is -0.392 e. The third-order valence-corrected chi connectivity index (χ3v) is 5.11. The van der Waals surface area contributed by atoms with E-state index >= 15 is 0 Å². The number of benzene rings is 2. The van der Waals surface area contributed by atoms with E-state index in [1.807, 2.05) is 4.90 Å². The van der Waals surface area contributed by atoms with Crippen LogP contribution >= 0.6 is 0 Å². The maximum atomic E-state index is 12.7. The molecule has 0 amide bonds. The number of nitro benzene ring substituents is 1. The molecule has 8 nitrogen and oxygen atoms in total. The standard InChI is InChI=1S/C20H17F3N4O4/c21-20(22,23)14-5-3-13(4-6-14)18-24-19(31-25-18)17-9-16(28)11-26(17)10-12-1-7-15(8-2-12)27(29)30/h1-8,16-17,28H,9-11H2/t16-,17+/m1/s1. The summed E-state index contributed by atoms with van der Waals surface area (Å²) in [4.78, 5) is 16.6. The minimum absolute atomic E-state index is 0.0140. The number of rotatable bonds is 5. The number of β-amino-alcohol motifs (C(OH)–C–C–N with tert-alkyl or cyclic N) is 1. The van der Waals surface area contributed by atoms with Crippen LogP contribution in [0.25, 0.3) is 11.4 Å². The zero-order valence-corrected chi connectivity index (χ0v) is 16.0. The Labute approximate surface area is 174 Å². The molecule has 3 aromatic rings. The molecule has 1 fully saturated rings. The molecule has 2 aromatic carbocycles. The molecule has 1 aromatic heterocycles. The van der Waals surface area contributed by atoms with Gasteiger partial charge in [-0.25, -0.2) is 0 Å². The summed E-state index contributed by atoms with van der Waals surface area (Å²) in [6, 6.07) is 10.2. The van der Waals surface area contributed by atoms with Crippen molar-refractivity contribution < 1.29 is 27.7 Å². The first kappa shape index (κ1) is 20.9. The number of nitro groups is 1. The molecule has 0 radical (unpaired) electrons. The van der Waals surface area contributed by atoms with Gasteiger partial charge in [-0.1, -0.05) is 29.4 Å². The molecule has 11 heteroatoms. The van der Waals surface area contributed by atoms with Crippen molar-refractivity contribution in [3.05, 3.63) is 75.7 Å². The quantitative estimate of drug-likeness (QED) is 0.478. The summed E-state index contributed by atoms with van der Waals surface area (Å²) in [5.74, 6) is 0.397. The number of aliphatic hydroxyl groups excluding tert-OH is 1. The Kier molecular flexibility index (Phi) is 5.46. The normalized spacial score (nSPS) is 19.6. The van der Waals surface area contributed by atoms with Crippen LogP contribution in [-0.4, -0.2) is 37.7 Å². The number of halogens is 3. The Bertz CT molecular complexity index is 1070. The number of aromatic nitrogens is 2. The van der Waals surface area contributed by atoms with Crippen molar-refractivity contribution in [2.45, 2.75) is 31.3 Å². The van der Waals surface area contributed by atoms with E-state index in [1.165, 1.54) is 24.3 Å². The zero-order valence-electron chi connectivity index (χ0n) is 16.0. The molecule has 1 saturated heterocycles. The van der Waals surface area contributed by atoms with Gasteiger partial charge in [0.15, 0.2) is 0 Å². The van der Waals surface area contributed by atoms with Gasteiger partial charge in [-0.3, -0.25) is 15.0 Å². The van der Waals surface area contributed by atoms with Gasteiger partial charge < -0.3 is 9.63 Å². The molecule has 1 aliphatic rings. The van der Waals surface area contributed by atoms with Gasteiger partial charge in [0.25, 0.3) is 5.69 Å². The van der Waals surface area contributed by atoms with E-state index in [0.717, 1.165) is 17.7 Å². The Balaban J connectivity index is 1.51. The molecular formula is C20H17F3N4O4. The summed E-state index contributed by atoms with van der Waals surface area (Å²) in [5.41, 5.74) is 0.406. The number of likely N-dealkylation sites (tertiary alicyclic amines) is 1. The Hall–Kier alpha value is -3.31. The first-order chi connectivity index (χ1) is 14.7. The summed E-state index contributed by atoms with van der Waals surface area (Å²) in [5, 5.41) is 24.8. The summed E-state index contributed by atoms with van der Waals surface area (Å²) in [6.07, 6.45) is -4.70. The molecule has 0 saturated carbocycles. The monoisotopic (exact) mass is 434 g/mol. The van der Waals surface area contributed by atoms with Crippen LogP contribution in [0.5, 0.6) is 0 Å². The third-order valence-electron chi connectivity index (χ3n) is 5.11. The van der Waals surface area contributed by atoms with Crippen LogP contribution in [0.1, 0.15) is 29.5 Å². The Morgan fingerprint density at radius 2 is 1.84 bits per heavy atom. The second-order valence-electron chi connectivity index (χ2n) is 7.29. The van der Waals surface area contributed by atoms with E-state index < -0.39 is 22.8 Å². The third kappa shape index (κ3) is 4.57. The van der Waals surface area contributed by atoms with Gasteiger partial charge in [-0.2, -0.15) is 18.2 Å². The lowest BCUT2D eigenvalue weighted by molar-refractivity contribution is -0.384. The molecule has 0 aliphatic carbocycles. The molecule has 2 atom stereocenters. The Morgan fingerprint density at radius 3 is 2.45 bits per heavy atom. The van der Waals surface area contributed by atoms with Crippen molar-refractivity contribution in [1.29, 1.82) is 0 Å². The van der Waals surface area contributed by atoms with Gasteiger partial charge in [0.05, 0.1) is 22.6 Å². The Morgan fingerprint density at radius 1 is 1.16 bits per heavy atom. The van der Waals surface area contributed by atoms with Crippen LogP contribution in [0, 0.1) is 10.1 Å². The first-order valence-corrected chi connectivity index (χ1v) is 9.37. The maximum Gasteiger partial charge on any atom is 0.416 e. The smallest absolute Gasteiger partial charge is 0.392 e. The van der Waals surface area contributed by atoms with Crippen molar-refractivity contribution in [3.63, 3.8) is 0 Å². The second-order valence-corrected chi connectivity index (χ2v) is 7.29. The van der Waals surface area contributed by atoms with E-state index in [9.17, 15) is 28.4 Å². The highest BCUT2D eigenvalue weighted by Crippen LogP contribution is 2.34. The highest BCUT2D eigenvalue weighted by molar-refractivity contribution is 5.54. The summed E-state index contributed by atoms with van der Waals surface area (Å²) >= 11 is 0. The maximum absolute atomic E-state index is 12.7. The van der Waals surface area contributed by atoms with Crippen LogP contribution in [0.2, 0.25) is 0 Å². The molecule has 31 heavy (non-hydrogen) atoms. The highest BCUT2D eigenvalue weighted by Gasteiger charge is 2.36. The predicted molar refractivity (Wildman–Crippen MR) is 102 cm³/mol. The zero-order chi connectivity index (χ0) is 22.2. The van der Waals surface area contributed by atoms with Crippen molar-refractivity contribution in [3.8, 4) is 11.4 Å². The number of hydrogen-bond donors (Lipinski definition) is 1. The molecule has 4 rings (SSSR count). The lowest BCUT2D eigenvalue weighted by atomic mass is 10.1. The van der Waals surface area contributed by atoms with E-state index in [1.54, 1.807) is 12.1 Å². The molecule has 162 valence electrons. The number of hydrogen-bond acceptors (Lipinski definition) is 7. The van der Waals surface area contributed by atoms with Crippen LogP contribution in [-0.2, 0) is 12.7 Å². The van der Waals surface area contributed by atoms with Gasteiger partial charge in [0.2, 0.25) is 11.7 Å². The van der Waals surface area contributed by atoms with E-state index in [-0.39, 0.29) is 23.4 Å². The van der Waals surface area contributed by atoms with Gasteiger partial charge >= 0.3 is 6.18 Å². The van der Waals surface area contributed by atoms with E-state index in [4.69, 9.17) is 4.52 Å². The minimum atomic E-state index is -4.43.